The van der Waals surface area contributed by atoms with Crippen LogP contribution >= 0.6 is 0 Å². The van der Waals surface area contributed by atoms with Gasteiger partial charge in [-0.05, 0) is 106 Å². The van der Waals surface area contributed by atoms with Crippen molar-refractivity contribution in [2.45, 2.75) is 105 Å². The molecule has 0 radical (unpaired) electrons. The predicted octanol–water partition coefficient (Wildman–Crippen LogP) is 16.3. The topological polar surface area (TPSA) is 19.6 Å². The molecule has 60 heavy (non-hydrogen) atoms. The minimum Gasteiger partial charge on any atom is -0.462 e. The molecule has 6 aromatic carbocycles. The molecule has 0 fully saturated rings. The summed E-state index contributed by atoms with van der Waals surface area (Å²) < 4.78 is 6.43. The molecule has 0 saturated carbocycles. The molecule has 0 aliphatic heterocycles. The summed E-state index contributed by atoms with van der Waals surface area (Å²) >= 11 is 0. The van der Waals surface area contributed by atoms with E-state index in [9.17, 15) is 0 Å². The van der Waals surface area contributed by atoms with Crippen LogP contribution in [0.25, 0.3) is 22.5 Å². The van der Waals surface area contributed by atoms with Gasteiger partial charge >= 0.3 is 0 Å². The highest BCUT2D eigenvalue weighted by Gasteiger charge is 2.26. The summed E-state index contributed by atoms with van der Waals surface area (Å²) in [4.78, 5) is 4.82. The molecule has 3 nitrogen and oxygen atoms in total. The third kappa shape index (κ3) is 9.25. The number of hydrogen-bond acceptors (Lipinski definition) is 3. The molecule has 0 saturated heterocycles. The minimum atomic E-state index is -1.53. The van der Waals surface area contributed by atoms with Crippen LogP contribution < -0.4 is 15.0 Å². The summed E-state index contributed by atoms with van der Waals surface area (Å²) in [6.07, 6.45) is 1.91. The smallest absolute Gasteiger partial charge is 0.136 e. The summed E-state index contributed by atoms with van der Waals surface area (Å²) in [7, 11) is -1.53. The molecule has 4 heteroatoms. The molecule has 308 valence electrons. The second kappa shape index (κ2) is 16.1. The Hall–Kier alpha value is -5.58. The zero-order chi connectivity index (χ0) is 43.2. The summed E-state index contributed by atoms with van der Waals surface area (Å²) in [6, 6.07) is 54.1. The molecule has 0 aliphatic rings. The van der Waals surface area contributed by atoms with Gasteiger partial charge in [-0.2, -0.15) is 0 Å². The first-order valence-corrected chi connectivity index (χ1v) is 25.0. The molecular weight excluding hydrogens is 745 g/mol. The van der Waals surface area contributed by atoms with Crippen LogP contribution in [0.1, 0.15) is 84.6 Å². The van der Waals surface area contributed by atoms with Crippen molar-refractivity contribution in [1.29, 1.82) is 0 Å². The standard InChI is InChI=1S/C56H64N2OSi/c1-39-32-47(57(45-27-29-50(30-28-45)60(11,12)13)49-37-53(59-38-49)41-22-24-42(25-23-41)54(2,3)4)36-48(33-39)58(46-21-17-20-43(34-46)55(5,6)7)52-31-26-44(56(8,9)10)35-51(52)40-18-15-14-16-19-40/h14-38H,1-13H3. The fourth-order valence-electron chi connectivity index (χ4n) is 7.87. The molecule has 7 rings (SSSR count). The van der Waals surface area contributed by atoms with Crippen LogP contribution in [0.5, 0.6) is 0 Å². The molecule has 0 spiro atoms. The zero-order valence-electron chi connectivity index (χ0n) is 38.2. The third-order valence-corrected chi connectivity index (χ3v) is 13.7. The summed E-state index contributed by atoms with van der Waals surface area (Å²) in [5, 5.41) is 1.43. The van der Waals surface area contributed by atoms with Crippen molar-refractivity contribution in [2.75, 3.05) is 9.80 Å². The van der Waals surface area contributed by atoms with E-state index in [4.69, 9.17) is 4.42 Å². The number of nitrogens with zero attached hydrogens (tertiary/aromatic N) is 2. The number of furan rings is 1. The normalized spacial score (nSPS) is 12.4. The van der Waals surface area contributed by atoms with Gasteiger partial charge in [0.05, 0.1) is 19.4 Å². The van der Waals surface area contributed by atoms with Crippen LogP contribution in [0.15, 0.2) is 156 Å². The maximum atomic E-state index is 6.43. The van der Waals surface area contributed by atoms with E-state index in [1.54, 1.807) is 0 Å². The van der Waals surface area contributed by atoms with Crippen LogP contribution in [-0.2, 0) is 16.2 Å². The van der Waals surface area contributed by atoms with Crippen molar-refractivity contribution in [2.24, 2.45) is 0 Å². The number of benzene rings is 6. The first kappa shape index (κ1) is 42.5. The molecule has 0 bridgehead atoms. The van der Waals surface area contributed by atoms with Gasteiger partial charge in [-0.1, -0.05) is 172 Å². The lowest BCUT2D eigenvalue weighted by atomic mass is 9.84. The summed E-state index contributed by atoms with van der Waals surface area (Å²) in [5.41, 5.74) is 15.0. The molecule has 0 aliphatic carbocycles. The molecule has 7 aromatic rings. The maximum Gasteiger partial charge on any atom is 0.136 e. The number of rotatable bonds is 9. The van der Waals surface area contributed by atoms with Gasteiger partial charge in [-0.25, -0.2) is 0 Å². The Morgan fingerprint density at radius 1 is 0.433 bits per heavy atom. The van der Waals surface area contributed by atoms with E-state index >= 15 is 0 Å². The zero-order valence-corrected chi connectivity index (χ0v) is 39.2. The highest BCUT2D eigenvalue weighted by molar-refractivity contribution is 6.88. The molecular formula is C56H64N2OSi. The van der Waals surface area contributed by atoms with Gasteiger partial charge in [0, 0.05) is 39.9 Å². The molecule has 1 heterocycles. The van der Waals surface area contributed by atoms with E-state index < -0.39 is 8.07 Å². The van der Waals surface area contributed by atoms with Gasteiger partial charge in [-0.3, -0.25) is 0 Å². The molecule has 1 aromatic heterocycles. The van der Waals surface area contributed by atoms with Gasteiger partial charge in [0.2, 0.25) is 0 Å². The van der Waals surface area contributed by atoms with Crippen molar-refractivity contribution in [3.8, 4) is 22.5 Å². The van der Waals surface area contributed by atoms with Gasteiger partial charge < -0.3 is 14.2 Å². The highest BCUT2D eigenvalue weighted by atomic mass is 28.3. The van der Waals surface area contributed by atoms with Crippen molar-refractivity contribution < 1.29 is 4.42 Å². The van der Waals surface area contributed by atoms with Crippen LogP contribution in [0.3, 0.4) is 0 Å². The Bertz CT molecular complexity index is 2570. The summed E-state index contributed by atoms with van der Waals surface area (Å²) in [6.45, 7) is 29.9. The van der Waals surface area contributed by atoms with Crippen LogP contribution in [0.4, 0.5) is 34.1 Å². The van der Waals surface area contributed by atoms with Crippen molar-refractivity contribution in [3.05, 3.63) is 174 Å². The predicted molar refractivity (Wildman–Crippen MR) is 263 cm³/mol. The van der Waals surface area contributed by atoms with E-state index in [0.717, 1.165) is 51.0 Å². The third-order valence-electron chi connectivity index (χ3n) is 11.6. The highest BCUT2D eigenvalue weighted by Crippen LogP contribution is 2.46. The molecule has 0 unspecified atom stereocenters. The maximum absolute atomic E-state index is 6.43. The SMILES string of the molecule is Cc1cc(N(c2ccc([Si](C)(C)C)cc2)c2coc(-c3ccc(C(C)(C)C)cc3)c2)cc(N(c2cccc(C(C)(C)C)c2)c2ccc(C(C)(C)C)cc2-c2ccccc2)c1. The average Bonchev–Trinajstić information content (AvgIpc) is 3.67. The second-order valence-electron chi connectivity index (χ2n) is 20.6. The molecule has 0 amide bonds. The number of hydrogen-bond donors (Lipinski definition) is 0. The second-order valence-corrected chi connectivity index (χ2v) is 25.7. The Labute approximate surface area is 361 Å². The average molecular weight is 809 g/mol. The number of anilines is 6. The monoisotopic (exact) mass is 808 g/mol. The lowest BCUT2D eigenvalue weighted by molar-refractivity contribution is 0.580. The first-order chi connectivity index (χ1) is 28.2. The largest absolute Gasteiger partial charge is 0.462 e. The van der Waals surface area contributed by atoms with Crippen LogP contribution in [0, 0.1) is 6.92 Å². The Morgan fingerprint density at radius 2 is 1.02 bits per heavy atom. The van der Waals surface area contributed by atoms with Gasteiger partial charge in [-0.15, -0.1) is 0 Å². The van der Waals surface area contributed by atoms with E-state index in [1.165, 1.54) is 33.0 Å². The summed E-state index contributed by atoms with van der Waals surface area (Å²) in [5.74, 6) is 0.842. The number of aryl methyl sites for hydroxylation is 1. The van der Waals surface area contributed by atoms with E-state index in [2.05, 4.69) is 244 Å². The lowest BCUT2D eigenvalue weighted by Gasteiger charge is -2.32. The quantitative estimate of drug-likeness (QED) is 0.135. The van der Waals surface area contributed by atoms with Crippen molar-refractivity contribution in [1.82, 2.24) is 0 Å². The van der Waals surface area contributed by atoms with E-state index in [-0.39, 0.29) is 16.2 Å². The van der Waals surface area contributed by atoms with Crippen LogP contribution in [0.2, 0.25) is 19.6 Å². The van der Waals surface area contributed by atoms with Gasteiger partial charge in [0.25, 0.3) is 0 Å². The Balaban J connectivity index is 1.45. The van der Waals surface area contributed by atoms with E-state index in [0.29, 0.717) is 0 Å². The molecule has 0 N–H and O–H groups in total. The van der Waals surface area contributed by atoms with Gasteiger partial charge in [0.1, 0.15) is 12.0 Å². The van der Waals surface area contributed by atoms with Crippen LogP contribution in [-0.4, -0.2) is 8.07 Å². The lowest BCUT2D eigenvalue weighted by Crippen LogP contribution is -2.37. The Kier molecular flexibility index (Phi) is 11.4. The minimum absolute atomic E-state index is 0.0147. The molecule has 0 atom stereocenters. The Morgan fingerprint density at radius 3 is 1.62 bits per heavy atom. The fraction of sp³-hybridized carbons (Fsp3) is 0.286. The van der Waals surface area contributed by atoms with Crippen molar-refractivity contribution in [3.63, 3.8) is 0 Å². The van der Waals surface area contributed by atoms with Crippen molar-refractivity contribution >= 4 is 47.4 Å². The van der Waals surface area contributed by atoms with E-state index in [1.807, 2.05) is 6.26 Å². The van der Waals surface area contributed by atoms with Gasteiger partial charge in [0.15, 0.2) is 0 Å². The fourth-order valence-corrected chi connectivity index (χ4v) is 9.04. The first-order valence-electron chi connectivity index (χ1n) is 21.5.